The third kappa shape index (κ3) is 2.61. The molecule has 3 rings (SSSR count). The number of carbonyl (C=O) groups excluding carboxylic acids is 1. The van der Waals surface area contributed by atoms with Gasteiger partial charge in [-0.3, -0.25) is 0 Å². The average Bonchev–Trinajstić information content (AvgIpc) is 3.05. The van der Waals surface area contributed by atoms with E-state index in [2.05, 4.69) is 21.5 Å². The maximum atomic E-state index is 11.8. The van der Waals surface area contributed by atoms with Gasteiger partial charge in [-0.05, 0) is 30.0 Å². The fraction of sp³-hybridized carbons (Fsp3) is 0.400. The van der Waals surface area contributed by atoms with Crippen LogP contribution in [0.15, 0.2) is 22.7 Å². The van der Waals surface area contributed by atoms with Gasteiger partial charge in [0.1, 0.15) is 0 Å². The molecule has 0 unspecified atom stereocenters. The number of rotatable bonds is 2. The molecule has 6 heteroatoms. The fourth-order valence-corrected chi connectivity index (χ4v) is 2.60. The molecule has 0 bridgehead atoms. The molecule has 1 atom stereocenters. The zero-order chi connectivity index (χ0) is 15.0. The summed E-state index contributed by atoms with van der Waals surface area (Å²) in [6.45, 7) is 1.77. The highest BCUT2D eigenvalue weighted by Crippen LogP contribution is 2.33. The smallest absolute Gasteiger partial charge is 0.317 e. The summed E-state index contributed by atoms with van der Waals surface area (Å²) in [5, 5.41) is 6.97. The Morgan fingerprint density at radius 3 is 2.95 bits per heavy atom. The van der Waals surface area contributed by atoms with E-state index in [1.807, 2.05) is 12.1 Å². The van der Waals surface area contributed by atoms with Gasteiger partial charge in [0.2, 0.25) is 11.7 Å². The van der Waals surface area contributed by atoms with Crippen molar-refractivity contribution in [3.63, 3.8) is 0 Å². The third-order valence-electron chi connectivity index (χ3n) is 3.71. The van der Waals surface area contributed by atoms with Crippen LogP contribution in [0.3, 0.4) is 0 Å². The van der Waals surface area contributed by atoms with Crippen molar-refractivity contribution in [2.45, 2.75) is 25.8 Å². The van der Waals surface area contributed by atoms with Crippen LogP contribution in [0.4, 0.5) is 4.79 Å². The molecule has 112 valence electrons. The van der Waals surface area contributed by atoms with Gasteiger partial charge in [-0.1, -0.05) is 17.3 Å². The van der Waals surface area contributed by atoms with E-state index in [1.54, 1.807) is 25.9 Å². The van der Waals surface area contributed by atoms with E-state index >= 15 is 0 Å². The van der Waals surface area contributed by atoms with E-state index < -0.39 is 0 Å². The van der Waals surface area contributed by atoms with Gasteiger partial charge >= 0.3 is 6.03 Å². The first-order valence-corrected chi connectivity index (χ1v) is 6.96. The monoisotopic (exact) mass is 288 g/mol. The third-order valence-corrected chi connectivity index (χ3v) is 3.71. The number of aromatic nitrogens is 2. The maximum absolute atomic E-state index is 11.8. The normalized spacial score (nSPS) is 16.6. The molecule has 21 heavy (non-hydrogen) atoms. The summed E-state index contributed by atoms with van der Waals surface area (Å²) in [4.78, 5) is 17.6. The minimum Gasteiger partial charge on any atom is -0.339 e. The molecule has 0 radical (unpaired) electrons. The van der Waals surface area contributed by atoms with E-state index in [4.69, 9.17) is 4.52 Å². The molecule has 0 fully saturated rings. The summed E-state index contributed by atoms with van der Waals surface area (Å²) in [6.07, 6.45) is 1.86. The Hall–Kier alpha value is -2.37. The topological polar surface area (TPSA) is 71.3 Å². The summed E-state index contributed by atoms with van der Waals surface area (Å²) >= 11 is 0. The van der Waals surface area contributed by atoms with E-state index in [0.717, 1.165) is 18.4 Å². The highest BCUT2D eigenvalue weighted by Gasteiger charge is 2.25. The van der Waals surface area contributed by atoms with Crippen molar-refractivity contribution in [2.24, 2.45) is 0 Å². The molecule has 6 nitrogen and oxygen atoms in total. The zero-order valence-electron chi connectivity index (χ0n) is 12.4. The van der Waals surface area contributed by atoms with Gasteiger partial charge in [0.15, 0.2) is 0 Å². The Balaban J connectivity index is 0.00000176. The second kappa shape index (κ2) is 5.20. The minimum atomic E-state index is -0.0641. The van der Waals surface area contributed by atoms with Crippen molar-refractivity contribution < 1.29 is 10.7 Å². The van der Waals surface area contributed by atoms with Crippen LogP contribution in [-0.2, 0) is 6.42 Å². The second-order valence-electron chi connectivity index (χ2n) is 5.49. The van der Waals surface area contributed by atoms with Gasteiger partial charge in [0, 0.05) is 28.0 Å². The first kappa shape index (κ1) is 13.6. The molecule has 1 aromatic carbocycles. The minimum absolute atomic E-state index is 0. The van der Waals surface area contributed by atoms with Gasteiger partial charge in [-0.25, -0.2) is 4.79 Å². The average molecular weight is 288 g/mol. The highest BCUT2D eigenvalue weighted by atomic mass is 16.5. The van der Waals surface area contributed by atoms with Crippen LogP contribution in [0.25, 0.3) is 11.4 Å². The molecular weight excluding hydrogens is 268 g/mol. The van der Waals surface area contributed by atoms with Gasteiger partial charge in [0.25, 0.3) is 0 Å². The molecule has 1 heterocycles. The first-order chi connectivity index (χ1) is 10.0. The predicted octanol–water partition coefficient (Wildman–Crippen LogP) is 2.55. The van der Waals surface area contributed by atoms with Crippen LogP contribution in [0.2, 0.25) is 0 Å². The van der Waals surface area contributed by atoms with Gasteiger partial charge in [-0.15, -0.1) is 0 Å². The van der Waals surface area contributed by atoms with Gasteiger partial charge in [0.05, 0.1) is 6.04 Å². The second-order valence-corrected chi connectivity index (χ2v) is 5.49. The predicted molar refractivity (Wildman–Crippen MR) is 79.9 cm³/mol. The Labute approximate surface area is 124 Å². The first-order valence-electron chi connectivity index (χ1n) is 6.96. The number of carbonyl (C=O) groups is 1. The maximum Gasteiger partial charge on any atom is 0.317 e. The highest BCUT2D eigenvalue weighted by molar-refractivity contribution is 5.74. The van der Waals surface area contributed by atoms with Crippen LogP contribution in [0.1, 0.15) is 30.9 Å². The Bertz CT molecular complexity index is 684. The molecule has 1 aliphatic carbocycles. The van der Waals surface area contributed by atoms with E-state index in [0.29, 0.717) is 11.7 Å². The lowest BCUT2D eigenvalue weighted by molar-refractivity contribution is 0.213. The van der Waals surface area contributed by atoms with Crippen molar-refractivity contribution in [1.29, 1.82) is 0 Å². The number of hydrogen-bond acceptors (Lipinski definition) is 4. The summed E-state index contributed by atoms with van der Waals surface area (Å²) in [7, 11) is 3.49. The Morgan fingerprint density at radius 2 is 2.29 bits per heavy atom. The van der Waals surface area contributed by atoms with Crippen LogP contribution < -0.4 is 5.32 Å². The number of nitrogens with zero attached hydrogens (tertiary/aromatic N) is 3. The number of fused-ring (bicyclic) bond motifs is 1. The quantitative estimate of drug-likeness (QED) is 0.922. The molecule has 0 spiro atoms. The van der Waals surface area contributed by atoms with Gasteiger partial charge in [-0.2, -0.15) is 4.98 Å². The number of benzene rings is 1. The standard InChI is InChI=1S/C15H18N4O2.H2/c1-9-16-14(18-21-9)11-4-6-12-10(8-11)5-7-13(12)17-15(20)19(2)3;/h4,6,8,13H,5,7H2,1-3H3,(H,17,20);1H/t13-;/m1./s1. The molecule has 1 aliphatic rings. The molecule has 2 aromatic rings. The van der Waals surface area contributed by atoms with Crippen molar-refractivity contribution in [1.82, 2.24) is 20.4 Å². The van der Waals surface area contributed by atoms with Crippen LogP contribution in [0.5, 0.6) is 0 Å². The van der Waals surface area contributed by atoms with Crippen molar-refractivity contribution in [3.8, 4) is 11.4 Å². The summed E-state index contributed by atoms with van der Waals surface area (Å²) < 4.78 is 5.01. The summed E-state index contributed by atoms with van der Waals surface area (Å²) in [6, 6.07) is 6.12. The largest absolute Gasteiger partial charge is 0.339 e. The van der Waals surface area contributed by atoms with E-state index in [1.165, 1.54) is 11.1 Å². The SMILES string of the molecule is Cc1nc(-c2ccc3c(c2)CC[C@H]3NC(=O)N(C)C)no1.[HH]. The lowest BCUT2D eigenvalue weighted by atomic mass is 10.0. The molecule has 0 saturated carbocycles. The van der Waals surface area contributed by atoms with Crippen LogP contribution in [-0.4, -0.2) is 35.2 Å². The molecule has 1 N–H and O–H groups in total. The number of nitrogens with one attached hydrogen (secondary N) is 1. The molecule has 0 saturated heterocycles. The van der Waals surface area contributed by atoms with Crippen LogP contribution >= 0.6 is 0 Å². The summed E-state index contributed by atoms with van der Waals surface area (Å²) in [5.41, 5.74) is 3.36. The number of aryl methyl sites for hydroxylation is 2. The number of hydrogen-bond donors (Lipinski definition) is 1. The summed E-state index contributed by atoms with van der Waals surface area (Å²) in [5.74, 6) is 1.16. The number of urea groups is 1. The fourth-order valence-electron chi connectivity index (χ4n) is 2.60. The van der Waals surface area contributed by atoms with Gasteiger partial charge < -0.3 is 14.7 Å². The van der Waals surface area contributed by atoms with Crippen molar-refractivity contribution in [3.05, 3.63) is 35.2 Å². The molecule has 1 aromatic heterocycles. The van der Waals surface area contributed by atoms with Crippen molar-refractivity contribution in [2.75, 3.05) is 14.1 Å². The molecular formula is C15H20N4O2. The molecule has 0 aliphatic heterocycles. The lowest BCUT2D eigenvalue weighted by Crippen LogP contribution is -2.36. The zero-order valence-corrected chi connectivity index (χ0v) is 12.4. The van der Waals surface area contributed by atoms with E-state index in [9.17, 15) is 4.79 Å². The molecule has 2 amide bonds. The Morgan fingerprint density at radius 1 is 1.48 bits per heavy atom. The van der Waals surface area contributed by atoms with E-state index in [-0.39, 0.29) is 13.5 Å². The number of amides is 2. The Kier molecular flexibility index (Phi) is 3.37. The lowest BCUT2D eigenvalue weighted by Gasteiger charge is -2.18. The van der Waals surface area contributed by atoms with Crippen molar-refractivity contribution >= 4 is 6.03 Å². The van der Waals surface area contributed by atoms with Crippen LogP contribution in [0, 0.1) is 6.92 Å².